The molecule has 0 saturated carbocycles. The standard InChI is InChI=1S/C16H25F3N6O.HI/c1-20-15(22-10-14-21-3-5-25(14)12-16(17,18)19)24-4-2-13(11-24)23-6-8-26-9-7-23;/h3,5,13H,2,4,6-12H2,1H3,(H,20,22);1H. The van der Waals surface area contributed by atoms with Gasteiger partial charge in [0.05, 0.1) is 19.8 Å². The quantitative estimate of drug-likeness (QED) is 0.385. The van der Waals surface area contributed by atoms with E-state index in [-0.39, 0.29) is 30.5 Å². The number of halogens is 4. The second-order valence-electron chi connectivity index (χ2n) is 6.52. The third-order valence-corrected chi connectivity index (χ3v) is 4.79. The van der Waals surface area contributed by atoms with Crippen molar-refractivity contribution in [3.63, 3.8) is 0 Å². The fourth-order valence-corrected chi connectivity index (χ4v) is 3.51. The number of aliphatic imine (C=N–C) groups is 1. The van der Waals surface area contributed by atoms with Crippen LogP contribution in [-0.2, 0) is 17.8 Å². The minimum Gasteiger partial charge on any atom is -0.379 e. The van der Waals surface area contributed by atoms with Crippen LogP contribution in [0.25, 0.3) is 0 Å². The number of hydrogen-bond acceptors (Lipinski definition) is 4. The molecule has 1 unspecified atom stereocenters. The van der Waals surface area contributed by atoms with E-state index in [1.54, 1.807) is 7.05 Å². The predicted molar refractivity (Wildman–Crippen MR) is 106 cm³/mol. The minimum atomic E-state index is -4.27. The van der Waals surface area contributed by atoms with E-state index in [1.807, 2.05) is 0 Å². The normalized spacial score (nSPS) is 22.0. The Morgan fingerprint density at radius 1 is 1.33 bits per heavy atom. The van der Waals surface area contributed by atoms with Gasteiger partial charge in [0.15, 0.2) is 5.96 Å². The van der Waals surface area contributed by atoms with E-state index in [0.717, 1.165) is 50.4 Å². The maximum Gasteiger partial charge on any atom is 0.406 e. The van der Waals surface area contributed by atoms with E-state index in [9.17, 15) is 13.2 Å². The van der Waals surface area contributed by atoms with Crippen LogP contribution in [0.3, 0.4) is 0 Å². The molecule has 7 nitrogen and oxygen atoms in total. The molecule has 0 bridgehead atoms. The molecule has 2 saturated heterocycles. The van der Waals surface area contributed by atoms with Gasteiger partial charge in [-0.2, -0.15) is 13.2 Å². The van der Waals surface area contributed by atoms with Gasteiger partial charge in [-0.3, -0.25) is 9.89 Å². The molecular weight excluding hydrogens is 476 g/mol. The van der Waals surface area contributed by atoms with Crippen molar-refractivity contribution < 1.29 is 17.9 Å². The Labute approximate surface area is 174 Å². The molecule has 3 rings (SSSR count). The van der Waals surface area contributed by atoms with Crippen molar-refractivity contribution in [3.8, 4) is 0 Å². The molecule has 1 N–H and O–H groups in total. The number of nitrogens with one attached hydrogen (secondary N) is 1. The number of imidazole rings is 1. The number of ether oxygens (including phenoxy) is 1. The first-order chi connectivity index (χ1) is 12.5. The van der Waals surface area contributed by atoms with Gasteiger partial charge in [0.2, 0.25) is 0 Å². The van der Waals surface area contributed by atoms with Gasteiger partial charge in [-0.15, -0.1) is 24.0 Å². The SMILES string of the molecule is CN=C(NCc1nccn1CC(F)(F)F)N1CCC(N2CCOCC2)C1.I. The lowest BCUT2D eigenvalue weighted by molar-refractivity contribution is -0.141. The molecule has 0 amide bonds. The van der Waals surface area contributed by atoms with Crippen LogP contribution in [-0.4, -0.2) is 84.0 Å². The second kappa shape index (κ2) is 9.92. The molecule has 1 aromatic rings. The lowest BCUT2D eigenvalue weighted by atomic mass is 10.2. The Morgan fingerprint density at radius 3 is 2.74 bits per heavy atom. The number of morpholine rings is 1. The van der Waals surface area contributed by atoms with Crippen molar-refractivity contribution in [1.82, 2.24) is 24.7 Å². The Balaban J connectivity index is 0.00000261. The van der Waals surface area contributed by atoms with Crippen LogP contribution in [0, 0.1) is 0 Å². The fourth-order valence-electron chi connectivity index (χ4n) is 3.51. The van der Waals surface area contributed by atoms with Gasteiger partial charge in [-0.1, -0.05) is 0 Å². The van der Waals surface area contributed by atoms with Crippen molar-refractivity contribution in [2.75, 3.05) is 46.4 Å². The minimum absolute atomic E-state index is 0. The summed E-state index contributed by atoms with van der Waals surface area (Å²) in [6.07, 6.45) is -0.492. The average Bonchev–Trinajstić information content (AvgIpc) is 3.25. The van der Waals surface area contributed by atoms with E-state index in [2.05, 4.69) is 25.1 Å². The van der Waals surface area contributed by atoms with Crippen molar-refractivity contribution in [3.05, 3.63) is 18.2 Å². The van der Waals surface area contributed by atoms with E-state index in [1.165, 1.54) is 12.4 Å². The van der Waals surface area contributed by atoms with Gasteiger partial charge in [-0.25, -0.2) is 4.98 Å². The second-order valence-corrected chi connectivity index (χ2v) is 6.52. The maximum atomic E-state index is 12.6. The van der Waals surface area contributed by atoms with Crippen LogP contribution in [0.15, 0.2) is 17.4 Å². The molecule has 3 heterocycles. The summed E-state index contributed by atoms with van der Waals surface area (Å²) in [7, 11) is 1.69. The van der Waals surface area contributed by atoms with Crippen molar-refractivity contribution >= 4 is 29.9 Å². The summed E-state index contributed by atoms with van der Waals surface area (Å²) in [5.41, 5.74) is 0. The number of alkyl halides is 3. The van der Waals surface area contributed by atoms with E-state index in [4.69, 9.17) is 4.74 Å². The number of guanidine groups is 1. The smallest absolute Gasteiger partial charge is 0.379 e. The molecule has 11 heteroatoms. The highest BCUT2D eigenvalue weighted by molar-refractivity contribution is 14.0. The maximum absolute atomic E-state index is 12.6. The average molecular weight is 502 g/mol. The van der Waals surface area contributed by atoms with Crippen LogP contribution in [0.1, 0.15) is 12.2 Å². The predicted octanol–water partition coefficient (Wildman–Crippen LogP) is 1.55. The summed E-state index contributed by atoms with van der Waals surface area (Å²) in [5.74, 6) is 1.04. The van der Waals surface area contributed by atoms with Gasteiger partial charge in [0.25, 0.3) is 0 Å². The molecular formula is C16H26F3IN6O. The number of likely N-dealkylation sites (tertiary alicyclic amines) is 1. The number of aromatic nitrogens is 2. The summed E-state index contributed by atoms with van der Waals surface area (Å²) < 4.78 is 44.4. The summed E-state index contributed by atoms with van der Waals surface area (Å²) in [6, 6.07) is 0.463. The molecule has 154 valence electrons. The first kappa shape index (κ1) is 22.2. The lowest BCUT2D eigenvalue weighted by Gasteiger charge is -2.32. The Hall–Kier alpha value is -1.08. The van der Waals surface area contributed by atoms with Crippen LogP contribution < -0.4 is 5.32 Å². The first-order valence-electron chi connectivity index (χ1n) is 8.80. The monoisotopic (exact) mass is 502 g/mol. The van der Waals surface area contributed by atoms with Crippen LogP contribution in [0.2, 0.25) is 0 Å². The van der Waals surface area contributed by atoms with Crippen LogP contribution in [0.4, 0.5) is 13.2 Å². The summed E-state index contributed by atoms with van der Waals surface area (Å²) in [4.78, 5) is 12.9. The van der Waals surface area contributed by atoms with Gasteiger partial charge >= 0.3 is 6.18 Å². The summed E-state index contributed by atoms with van der Waals surface area (Å²) >= 11 is 0. The van der Waals surface area contributed by atoms with Gasteiger partial charge < -0.3 is 19.5 Å². The highest BCUT2D eigenvalue weighted by Gasteiger charge is 2.31. The van der Waals surface area contributed by atoms with Crippen LogP contribution >= 0.6 is 24.0 Å². The zero-order chi connectivity index (χ0) is 18.6. The van der Waals surface area contributed by atoms with E-state index < -0.39 is 12.7 Å². The zero-order valence-corrected chi connectivity index (χ0v) is 17.6. The van der Waals surface area contributed by atoms with E-state index in [0.29, 0.717) is 17.8 Å². The molecule has 1 atom stereocenters. The number of rotatable bonds is 4. The third kappa shape index (κ3) is 6.21. The molecule has 0 aromatic carbocycles. The highest BCUT2D eigenvalue weighted by Crippen LogP contribution is 2.19. The Bertz CT molecular complexity index is 618. The van der Waals surface area contributed by atoms with Gasteiger partial charge in [-0.05, 0) is 6.42 Å². The van der Waals surface area contributed by atoms with Gasteiger partial charge in [0, 0.05) is 51.7 Å². The molecule has 0 spiro atoms. The fraction of sp³-hybridized carbons (Fsp3) is 0.750. The first-order valence-corrected chi connectivity index (χ1v) is 8.80. The zero-order valence-electron chi connectivity index (χ0n) is 15.3. The third-order valence-electron chi connectivity index (χ3n) is 4.79. The van der Waals surface area contributed by atoms with Gasteiger partial charge in [0.1, 0.15) is 12.4 Å². The summed E-state index contributed by atoms with van der Waals surface area (Å²) in [5, 5.41) is 3.15. The molecule has 2 aliphatic heterocycles. The van der Waals surface area contributed by atoms with Crippen LogP contribution in [0.5, 0.6) is 0 Å². The number of hydrogen-bond donors (Lipinski definition) is 1. The lowest BCUT2D eigenvalue weighted by Crippen LogP contribution is -2.46. The topological polar surface area (TPSA) is 57.9 Å². The Kier molecular flexibility index (Phi) is 8.16. The Morgan fingerprint density at radius 2 is 2.07 bits per heavy atom. The van der Waals surface area contributed by atoms with Crippen molar-refractivity contribution in [2.24, 2.45) is 4.99 Å². The molecule has 2 fully saturated rings. The number of nitrogens with zero attached hydrogens (tertiary/aromatic N) is 5. The molecule has 0 radical (unpaired) electrons. The summed E-state index contributed by atoms with van der Waals surface area (Å²) in [6.45, 7) is 4.32. The van der Waals surface area contributed by atoms with Crippen molar-refractivity contribution in [1.29, 1.82) is 0 Å². The molecule has 2 aliphatic rings. The van der Waals surface area contributed by atoms with Crippen molar-refractivity contribution in [2.45, 2.75) is 31.7 Å². The largest absolute Gasteiger partial charge is 0.406 e. The highest BCUT2D eigenvalue weighted by atomic mass is 127. The molecule has 1 aromatic heterocycles. The van der Waals surface area contributed by atoms with E-state index >= 15 is 0 Å². The molecule has 0 aliphatic carbocycles. The molecule has 27 heavy (non-hydrogen) atoms.